The third-order valence-corrected chi connectivity index (χ3v) is 5.40. The molecule has 1 aromatic heterocycles. The van der Waals surface area contributed by atoms with Crippen molar-refractivity contribution in [1.29, 1.82) is 0 Å². The number of fused-ring (bicyclic) bond motifs is 2. The molecule has 4 aromatic rings. The summed E-state index contributed by atoms with van der Waals surface area (Å²) >= 11 is 0. The topological polar surface area (TPSA) is 100 Å². The summed E-state index contributed by atoms with van der Waals surface area (Å²) in [6, 6.07) is 18.8. The van der Waals surface area contributed by atoms with E-state index in [2.05, 4.69) is 15.4 Å². The predicted molar refractivity (Wildman–Crippen MR) is 126 cm³/mol. The van der Waals surface area contributed by atoms with E-state index in [0.717, 1.165) is 45.0 Å². The first-order valence-corrected chi connectivity index (χ1v) is 11.5. The molecule has 31 heavy (non-hydrogen) atoms. The second-order valence-electron chi connectivity index (χ2n) is 7.45. The second kappa shape index (κ2) is 7.88. The van der Waals surface area contributed by atoms with Crippen LogP contribution in [0.3, 0.4) is 0 Å². The minimum absolute atomic E-state index is 0.142. The number of hydrogen-bond acceptors (Lipinski definition) is 5. The molecule has 3 N–H and O–H groups in total. The Morgan fingerprint density at radius 3 is 2.32 bits per heavy atom. The molecule has 0 saturated carbocycles. The van der Waals surface area contributed by atoms with E-state index < -0.39 is 10.0 Å². The maximum Gasteiger partial charge on any atom is 0.229 e. The molecular weight excluding hydrogens is 412 g/mol. The summed E-state index contributed by atoms with van der Waals surface area (Å²) in [5, 5.41) is 8.16. The molecule has 1 amide bonds. The number of amides is 1. The Morgan fingerprint density at radius 1 is 0.903 bits per heavy atom. The summed E-state index contributed by atoms with van der Waals surface area (Å²) in [6.45, 7) is 3.38. The van der Waals surface area contributed by atoms with Crippen molar-refractivity contribution >= 4 is 60.5 Å². The highest BCUT2D eigenvalue weighted by molar-refractivity contribution is 7.92. The number of nitrogens with one attached hydrogen (secondary N) is 3. The van der Waals surface area contributed by atoms with Crippen LogP contribution in [0.2, 0.25) is 0 Å². The van der Waals surface area contributed by atoms with Crippen LogP contribution in [0.4, 0.5) is 22.7 Å². The number of aryl methyl sites for hydroxylation is 1. The van der Waals surface area contributed by atoms with E-state index in [1.54, 1.807) is 12.1 Å². The smallest absolute Gasteiger partial charge is 0.229 e. The van der Waals surface area contributed by atoms with Crippen LogP contribution in [0.5, 0.6) is 0 Å². The molecule has 0 unspecified atom stereocenters. The minimum Gasteiger partial charge on any atom is -0.354 e. The Hall–Kier alpha value is -3.65. The van der Waals surface area contributed by atoms with E-state index in [9.17, 15) is 13.2 Å². The van der Waals surface area contributed by atoms with Crippen molar-refractivity contribution in [2.75, 3.05) is 21.6 Å². The Morgan fingerprint density at radius 2 is 1.61 bits per heavy atom. The number of anilines is 4. The lowest BCUT2D eigenvalue weighted by Gasteiger charge is -2.16. The fourth-order valence-corrected chi connectivity index (χ4v) is 4.08. The van der Waals surface area contributed by atoms with Crippen LogP contribution >= 0.6 is 0 Å². The monoisotopic (exact) mass is 434 g/mol. The van der Waals surface area contributed by atoms with Gasteiger partial charge in [-0.1, -0.05) is 18.2 Å². The van der Waals surface area contributed by atoms with Gasteiger partial charge in [0.25, 0.3) is 0 Å². The number of aromatic nitrogens is 1. The highest BCUT2D eigenvalue weighted by Gasteiger charge is 2.12. The van der Waals surface area contributed by atoms with E-state index in [4.69, 9.17) is 4.98 Å². The van der Waals surface area contributed by atoms with Crippen LogP contribution in [0.25, 0.3) is 21.8 Å². The molecule has 0 aliphatic heterocycles. The van der Waals surface area contributed by atoms with Gasteiger partial charge in [0, 0.05) is 34.8 Å². The van der Waals surface area contributed by atoms with E-state index in [1.165, 1.54) is 6.92 Å². The van der Waals surface area contributed by atoms with Crippen LogP contribution in [-0.2, 0) is 14.8 Å². The van der Waals surface area contributed by atoms with Gasteiger partial charge in [0.1, 0.15) is 0 Å². The molecule has 0 fully saturated rings. The molecule has 0 bridgehead atoms. The maximum atomic E-state index is 11.5. The third-order valence-electron chi connectivity index (χ3n) is 4.79. The quantitative estimate of drug-likeness (QED) is 0.393. The SMILES string of the molecule is CC(=O)Nc1ccc2c(Nc3ccc(NS(C)(=O)=O)cc3C)c3ccccc3nc2c1. The molecule has 0 saturated heterocycles. The molecule has 0 aliphatic rings. The fourth-order valence-electron chi connectivity index (χ4n) is 3.52. The highest BCUT2D eigenvalue weighted by Crippen LogP contribution is 2.35. The summed E-state index contributed by atoms with van der Waals surface area (Å²) < 4.78 is 25.5. The average molecular weight is 435 g/mol. The van der Waals surface area contributed by atoms with Crippen molar-refractivity contribution in [3.8, 4) is 0 Å². The van der Waals surface area contributed by atoms with Gasteiger partial charge in [0.2, 0.25) is 15.9 Å². The van der Waals surface area contributed by atoms with Crippen molar-refractivity contribution in [2.24, 2.45) is 0 Å². The first-order chi connectivity index (χ1) is 14.7. The molecule has 8 heteroatoms. The number of benzene rings is 3. The van der Waals surface area contributed by atoms with Gasteiger partial charge in [-0.2, -0.15) is 0 Å². The van der Waals surface area contributed by atoms with Crippen molar-refractivity contribution in [3.63, 3.8) is 0 Å². The van der Waals surface area contributed by atoms with E-state index in [-0.39, 0.29) is 5.91 Å². The Labute approximate surface area is 180 Å². The van der Waals surface area contributed by atoms with Crippen LogP contribution in [-0.4, -0.2) is 25.6 Å². The molecule has 1 heterocycles. The zero-order valence-electron chi connectivity index (χ0n) is 17.4. The lowest BCUT2D eigenvalue weighted by atomic mass is 10.1. The number of hydrogen-bond donors (Lipinski definition) is 3. The van der Waals surface area contributed by atoms with E-state index in [1.807, 2.05) is 55.5 Å². The first kappa shape index (κ1) is 20.6. The van der Waals surface area contributed by atoms with Crippen molar-refractivity contribution < 1.29 is 13.2 Å². The van der Waals surface area contributed by atoms with Crippen molar-refractivity contribution in [2.45, 2.75) is 13.8 Å². The predicted octanol–water partition coefficient (Wildman–Crippen LogP) is 4.77. The minimum atomic E-state index is -3.34. The first-order valence-electron chi connectivity index (χ1n) is 9.65. The number of para-hydroxylation sites is 1. The van der Waals surface area contributed by atoms with Gasteiger partial charge in [0.15, 0.2) is 0 Å². The van der Waals surface area contributed by atoms with Crippen molar-refractivity contribution in [3.05, 3.63) is 66.2 Å². The van der Waals surface area contributed by atoms with E-state index in [0.29, 0.717) is 11.4 Å². The molecule has 0 spiro atoms. The normalized spacial score (nSPS) is 11.5. The summed E-state index contributed by atoms with van der Waals surface area (Å²) in [6.07, 6.45) is 1.12. The zero-order chi connectivity index (χ0) is 22.2. The Balaban J connectivity index is 1.83. The highest BCUT2D eigenvalue weighted by atomic mass is 32.2. The van der Waals surface area contributed by atoms with E-state index >= 15 is 0 Å². The van der Waals surface area contributed by atoms with Gasteiger partial charge in [-0.25, -0.2) is 13.4 Å². The fraction of sp³-hybridized carbons (Fsp3) is 0.130. The lowest BCUT2D eigenvalue weighted by Crippen LogP contribution is -2.09. The second-order valence-corrected chi connectivity index (χ2v) is 9.19. The van der Waals surface area contributed by atoms with Crippen molar-refractivity contribution in [1.82, 2.24) is 4.98 Å². The number of rotatable bonds is 5. The Bertz CT molecular complexity index is 1430. The average Bonchev–Trinajstić information content (AvgIpc) is 2.67. The van der Waals surface area contributed by atoms with Gasteiger partial charge in [-0.3, -0.25) is 9.52 Å². The summed E-state index contributed by atoms with van der Waals surface area (Å²) in [4.78, 5) is 16.2. The molecule has 4 rings (SSSR count). The van der Waals surface area contributed by atoms with Gasteiger partial charge in [-0.05, 0) is 55.0 Å². The molecule has 3 aromatic carbocycles. The summed E-state index contributed by atoms with van der Waals surface area (Å²) in [5.41, 5.74) is 5.39. The molecule has 0 radical (unpaired) electrons. The number of pyridine rings is 1. The van der Waals surface area contributed by atoms with Crippen LogP contribution in [0.1, 0.15) is 12.5 Å². The number of sulfonamides is 1. The molecular formula is C23H22N4O3S. The van der Waals surface area contributed by atoms with Gasteiger partial charge < -0.3 is 10.6 Å². The van der Waals surface area contributed by atoms with Crippen LogP contribution in [0.15, 0.2) is 60.7 Å². The summed E-state index contributed by atoms with van der Waals surface area (Å²) in [5.74, 6) is -0.142. The molecule has 158 valence electrons. The Kier molecular flexibility index (Phi) is 5.24. The third kappa shape index (κ3) is 4.59. The molecule has 7 nitrogen and oxygen atoms in total. The number of nitrogens with zero attached hydrogens (tertiary/aromatic N) is 1. The molecule has 0 atom stereocenters. The van der Waals surface area contributed by atoms with Gasteiger partial charge >= 0.3 is 0 Å². The standard InChI is InChI=1S/C23H22N4O3S/c1-14-12-17(27-31(3,29)30)9-11-20(14)26-23-18-6-4-5-7-21(18)25-22-13-16(24-15(2)28)8-10-19(22)23/h4-13,27H,1-3H3,(H,24,28)(H,25,26). The van der Waals surface area contributed by atoms with Crippen LogP contribution < -0.4 is 15.4 Å². The number of carbonyl (C=O) groups excluding carboxylic acids is 1. The summed E-state index contributed by atoms with van der Waals surface area (Å²) in [7, 11) is -3.34. The van der Waals surface area contributed by atoms with Gasteiger partial charge in [0.05, 0.1) is 23.0 Å². The lowest BCUT2D eigenvalue weighted by molar-refractivity contribution is -0.114. The largest absolute Gasteiger partial charge is 0.354 e. The van der Waals surface area contributed by atoms with Gasteiger partial charge in [-0.15, -0.1) is 0 Å². The maximum absolute atomic E-state index is 11.5. The zero-order valence-corrected chi connectivity index (χ0v) is 18.2. The molecule has 0 aliphatic carbocycles. The van der Waals surface area contributed by atoms with Crippen LogP contribution in [0, 0.1) is 6.92 Å². The number of carbonyl (C=O) groups is 1.